The van der Waals surface area contributed by atoms with Gasteiger partial charge in [-0.3, -0.25) is 10.1 Å². The van der Waals surface area contributed by atoms with Crippen molar-refractivity contribution in [1.29, 1.82) is 0 Å². The molecule has 2 N–H and O–H groups in total. The van der Waals surface area contributed by atoms with Crippen molar-refractivity contribution in [2.24, 2.45) is 5.92 Å². The maximum absolute atomic E-state index is 11.9. The molecular weight excluding hydrogens is 270 g/mol. The van der Waals surface area contributed by atoms with Crippen LogP contribution in [0.1, 0.15) is 31.2 Å². The molecule has 0 heterocycles. The number of benzene rings is 1. The first-order valence-corrected chi connectivity index (χ1v) is 8.29. The minimum atomic E-state index is -0.727. The van der Waals surface area contributed by atoms with Crippen LogP contribution in [-0.4, -0.2) is 28.4 Å². The lowest BCUT2D eigenvalue weighted by Crippen LogP contribution is -2.57. The number of aliphatic carboxylic acids is 1. The molecule has 0 aromatic heterocycles. The van der Waals surface area contributed by atoms with Crippen LogP contribution in [0.5, 0.6) is 0 Å². The molecule has 3 nitrogen and oxygen atoms in total. The van der Waals surface area contributed by atoms with Crippen molar-refractivity contribution in [3.63, 3.8) is 0 Å². The summed E-state index contributed by atoms with van der Waals surface area (Å²) in [5.74, 6) is 0.248. The van der Waals surface area contributed by atoms with E-state index in [4.69, 9.17) is 0 Å². The van der Waals surface area contributed by atoms with Crippen LogP contribution in [0, 0.1) is 12.8 Å². The first-order chi connectivity index (χ1) is 9.60. The van der Waals surface area contributed by atoms with Gasteiger partial charge in [0.05, 0.1) is 0 Å². The van der Waals surface area contributed by atoms with Crippen LogP contribution in [0.4, 0.5) is 0 Å². The standard InChI is InChI=1S/C16H21NO2S/c1-11-3-2-4-14(9-11)20-10-16(15(18)19,12-5-6-12)17-13-7-8-13/h2-4,9,12-13,17H,5-8,10H2,1H3,(H,18,19). The second-order valence-electron chi connectivity index (χ2n) is 6.07. The summed E-state index contributed by atoms with van der Waals surface area (Å²) in [5, 5.41) is 13.2. The van der Waals surface area contributed by atoms with Gasteiger partial charge in [-0.15, -0.1) is 11.8 Å². The van der Waals surface area contributed by atoms with Gasteiger partial charge < -0.3 is 5.11 Å². The van der Waals surface area contributed by atoms with Crippen molar-refractivity contribution in [2.75, 3.05) is 5.75 Å². The molecule has 108 valence electrons. The highest BCUT2D eigenvalue weighted by atomic mass is 32.2. The number of carboxylic acid groups (broad SMARTS) is 1. The highest BCUT2D eigenvalue weighted by Gasteiger charge is 2.53. The average molecular weight is 291 g/mol. The van der Waals surface area contributed by atoms with Crippen LogP contribution < -0.4 is 5.32 Å². The van der Waals surface area contributed by atoms with Gasteiger partial charge in [-0.2, -0.15) is 0 Å². The second-order valence-corrected chi connectivity index (χ2v) is 7.12. The van der Waals surface area contributed by atoms with E-state index in [9.17, 15) is 9.90 Å². The summed E-state index contributed by atoms with van der Waals surface area (Å²) in [6.45, 7) is 2.07. The predicted molar refractivity (Wildman–Crippen MR) is 81.2 cm³/mol. The smallest absolute Gasteiger partial charge is 0.325 e. The zero-order valence-corrected chi connectivity index (χ0v) is 12.6. The average Bonchev–Trinajstić information content (AvgIpc) is 3.26. The topological polar surface area (TPSA) is 49.3 Å². The van der Waals surface area contributed by atoms with Crippen LogP contribution >= 0.6 is 11.8 Å². The fraction of sp³-hybridized carbons (Fsp3) is 0.562. The van der Waals surface area contributed by atoms with E-state index in [0.29, 0.717) is 17.7 Å². The summed E-state index contributed by atoms with van der Waals surface area (Å²) < 4.78 is 0. The fourth-order valence-electron chi connectivity index (χ4n) is 2.65. The molecule has 0 spiro atoms. The Morgan fingerprint density at radius 3 is 2.70 bits per heavy atom. The second kappa shape index (κ2) is 5.41. The van der Waals surface area contributed by atoms with Gasteiger partial charge in [0.25, 0.3) is 0 Å². The van der Waals surface area contributed by atoms with Gasteiger partial charge >= 0.3 is 5.97 Å². The number of rotatable bonds is 7. The maximum atomic E-state index is 11.9. The third kappa shape index (κ3) is 3.01. The van der Waals surface area contributed by atoms with Crippen LogP contribution in [0.2, 0.25) is 0 Å². The molecule has 2 saturated carbocycles. The Labute approximate surface area is 124 Å². The lowest BCUT2D eigenvalue weighted by atomic mass is 9.95. The monoisotopic (exact) mass is 291 g/mol. The third-order valence-corrected chi connectivity index (χ3v) is 5.34. The summed E-state index contributed by atoms with van der Waals surface area (Å²) in [7, 11) is 0. The molecule has 20 heavy (non-hydrogen) atoms. The molecule has 2 aliphatic carbocycles. The first kappa shape index (κ1) is 14.0. The number of carbonyl (C=O) groups is 1. The Bertz CT molecular complexity index is 511. The summed E-state index contributed by atoms with van der Waals surface area (Å²) in [4.78, 5) is 13.0. The van der Waals surface area contributed by atoms with Crippen LogP contribution in [0.15, 0.2) is 29.2 Å². The largest absolute Gasteiger partial charge is 0.480 e. The van der Waals surface area contributed by atoms with Crippen molar-refractivity contribution in [3.05, 3.63) is 29.8 Å². The van der Waals surface area contributed by atoms with E-state index in [1.165, 1.54) is 5.56 Å². The van der Waals surface area contributed by atoms with Crippen molar-refractivity contribution in [1.82, 2.24) is 5.32 Å². The van der Waals surface area contributed by atoms with Crippen molar-refractivity contribution >= 4 is 17.7 Å². The van der Waals surface area contributed by atoms with Crippen LogP contribution in [-0.2, 0) is 4.79 Å². The molecule has 2 fully saturated rings. The predicted octanol–water partition coefficient (Wildman–Crippen LogP) is 3.07. The lowest BCUT2D eigenvalue weighted by Gasteiger charge is -2.30. The van der Waals surface area contributed by atoms with E-state index in [2.05, 4.69) is 30.4 Å². The Hall–Kier alpha value is -1.00. The molecule has 1 atom stereocenters. The molecule has 0 saturated heterocycles. The lowest BCUT2D eigenvalue weighted by molar-refractivity contribution is -0.145. The quantitative estimate of drug-likeness (QED) is 0.758. The molecule has 0 bridgehead atoms. The molecule has 4 heteroatoms. The molecule has 0 amide bonds. The number of hydrogen-bond donors (Lipinski definition) is 2. The summed E-state index contributed by atoms with van der Waals surface area (Å²) in [6.07, 6.45) is 4.33. The van der Waals surface area contributed by atoms with E-state index in [0.717, 1.165) is 30.6 Å². The highest BCUT2D eigenvalue weighted by molar-refractivity contribution is 7.99. The van der Waals surface area contributed by atoms with Gasteiger partial charge in [0.15, 0.2) is 0 Å². The Morgan fingerprint density at radius 2 is 2.15 bits per heavy atom. The Kier molecular flexibility index (Phi) is 3.78. The Balaban J connectivity index is 1.73. The zero-order valence-electron chi connectivity index (χ0n) is 11.8. The molecule has 1 aromatic rings. The van der Waals surface area contributed by atoms with E-state index in [1.54, 1.807) is 11.8 Å². The van der Waals surface area contributed by atoms with Gasteiger partial charge in [-0.1, -0.05) is 17.7 Å². The third-order valence-electron chi connectivity index (χ3n) is 4.15. The van der Waals surface area contributed by atoms with Gasteiger partial charge in [0.2, 0.25) is 0 Å². The van der Waals surface area contributed by atoms with E-state index in [1.807, 2.05) is 6.07 Å². The fourth-order valence-corrected chi connectivity index (χ4v) is 3.93. The number of thioether (sulfide) groups is 1. The molecule has 2 aliphatic rings. The number of nitrogens with one attached hydrogen (secondary N) is 1. The van der Waals surface area contributed by atoms with Gasteiger partial charge in [0.1, 0.15) is 5.54 Å². The molecule has 1 aromatic carbocycles. The van der Waals surface area contributed by atoms with Crippen LogP contribution in [0.25, 0.3) is 0 Å². The summed E-state index contributed by atoms with van der Waals surface area (Å²) in [6, 6.07) is 8.71. The number of carboxylic acids is 1. The van der Waals surface area contributed by atoms with Gasteiger partial charge in [0, 0.05) is 16.7 Å². The SMILES string of the molecule is Cc1cccc(SCC(NC2CC2)(C(=O)O)C2CC2)c1. The highest BCUT2D eigenvalue weighted by Crippen LogP contribution is 2.44. The minimum absolute atomic E-state index is 0.304. The van der Waals surface area contributed by atoms with Crippen molar-refractivity contribution in [2.45, 2.75) is 49.1 Å². The molecule has 0 aliphatic heterocycles. The van der Waals surface area contributed by atoms with E-state index >= 15 is 0 Å². The molecular formula is C16H21NO2S. The van der Waals surface area contributed by atoms with Gasteiger partial charge in [-0.05, 0) is 50.7 Å². The number of aryl methyl sites for hydroxylation is 1. The molecule has 0 radical (unpaired) electrons. The summed E-state index contributed by atoms with van der Waals surface area (Å²) in [5.41, 5.74) is 0.493. The molecule has 3 rings (SSSR count). The van der Waals surface area contributed by atoms with Crippen molar-refractivity contribution in [3.8, 4) is 0 Å². The van der Waals surface area contributed by atoms with E-state index in [-0.39, 0.29) is 0 Å². The minimum Gasteiger partial charge on any atom is -0.480 e. The van der Waals surface area contributed by atoms with E-state index < -0.39 is 11.5 Å². The number of hydrogen-bond acceptors (Lipinski definition) is 3. The Morgan fingerprint density at radius 1 is 1.40 bits per heavy atom. The van der Waals surface area contributed by atoms with Gasteiger partial charge in [-0.25, -0.2) is 0 Å². The van der Waals surface area contributed by atoms with Crippen molar-refractivity contribution < 1.29 is 9.90 Å². The van der Waals surface area contributed by atoms with Crippen LogP contribution in [0.3, 0.4) is 0 Å². The first-order valence-electron chi connectivity index (χ1n) is 7.31. The zero-order chi connectivity index (χ0) is 14.2. The maximum Gasteiger partial charge on any atom is 0.325 e. The summed E-state index contributed by atoms with van der Waals surface area (Å²) >= 11 is 1.66. The normalized spacial score (nSPS) is 21.4. The molecule has 1 unspecified atom stereocenters.